The van der Waals surface area contributed by atoms with Crippen molar-refractivity contribution in [1.29, 1.82) is 0 Å². The molecule has 3 heterocycles. The molecule has 1 radical (unpaired) electrons. The fraction of sp³-hybridized carbons (Fsp3) is 0.307. The van der Waals surface area contributed by atoms with Gasteiger partial charge in [-0.25, -0.2) is 9.97 Å². The van der Waals surface area contributed by atoms with E-state index in [1.54, 1.807) is 12.1 Å². The minimum absolute atomic E-state index is 0. The average molecular weight is 1420 g/mol. The number of fused-ring (bicyclic) bond motifs is 10. The summed E-state index contributed by atoms with van der Waals surface area (Å²) in [5, 5.41) is 40.9. The van der Waals surface area contributed by atoms with Crippen LogP contribution in [-0.2, 0) is 113 Å². The zero-order valence-electron chi connectivity index (χ0n) is 61.7. The topological polar surface area (TPSA) is 225 Å². The van der Waals surface area contributed by atoms with E-state index in [-0.39, 0.29) is 34.0 Å². The van der Waals surface area contributed by atoms with E-state index in [0.29, 0.717) is 11.4 Å². The molecule has 1 aromatic heterocycles. The van der Waals surface area contributed by atoms with Gasteiger partial charge in [-0.2, -0.15) is 9.78 Å². The van der Waals surface area contributed by atoms with Gasteiger partial charge in [0.2, 0.25) is 0 Å². The molecule has 15 rings (SSSR count). The third-order valence-corrected chi connectivity index (χ3v) is 19.9. The predicted octanol–water partition coefficient (Wildman–Crippen LogP) is 21.2. The van der Waals surface area contributed by atoms with Gasteiger partial charge in [0.05, 0.1) is 56.2 Å². The first-order valence-corrected chi connectivity index (χ1v) is 36.2. The number of nitrogens with two attached hydrogens (primary N) is 2. The van der Waals surface area contributed by atoms with E-state index in [4.69, 9.17) is 21.4 Å². The van der Waals surface area contributed by atoms with Crippen molar-refractivity contribution in [3.05, 3.63) is 212 Å². The Kier molecular flexibility index (Phi) is 24.8. The van der Waals surface area contributed by atoms with Crippen molar-refractivity contribution in [2.75, 3.05) is 22.1 Å². The van der Waals surface area contributed by atoms with E-state index in [2.05, 4.69) is 230 Å². The van der Waals surface area contributed by atoms with Crippen LogP contribution in [0, 0.1) is 0 Å². The summed E-state index contributed by atoms with van der Waals surface area (Å²) >= 11 is 0. The van der Waals surface area contributed by atoms with Gasteiger partial charge < -0.3 is 42.5 Å². The Balaban J connectivity index is 0.000000157. The summed E-state index contributed by atoms with van der Waals surface area (Å²) in [5.74, 6) is -1.60. The summed E-state index contributed by atoms with van der Waals surface area (Å²) in [6.45, 7) is 29.3. The number of esters is 1. The summed E-state index contributed by atoms with van der Waals surface area (Å²) in [5.41, 5.74) is 38.5. The molecule has 12 aromatic carbocycles. The third-order valence-electron chi connectivity index (χ3n) is 19.9. The van der Waals surface area contributed by atoms with Crippen molar-refractivity contribution in [3.63, 3.8) is 0 Å². The van der Waals surface area contributed by atoms with E-state index >= 15 is 0 Å². The number of hydrogen-bond acceptors (Lipinski definition) is 12. The van der Waals surface area contributed by atoms with Crippen LogP contribution in [0.4, 0.5) is 34.1 Å². The number of ether oxygens (including phenoxy) is 1. The Morgan fingerprint density at radius 3 is 0.686 bits per heavy atom. The number of carbonyl (C=O) groups excluding carboxylic acids is 1. The van der Waals surface area contributed by atoms with E-state index in [9.17, 15) is 15.0 Å². The third kappa shape index (κ3) is 16.7. The standard InChI is InChI=1S/C28H30N2.C28H28N2.C14H18N2.C14H16O2.C4H6O4.Cu.H2O/c2*1-5-17-9-21-13-25-26(14-22(21)10-18(17)6-2)30-28-16-24-12-20(8-4)19(7-3)11-23(24)15-27(28)29-25;2*1-3-9-5-11-7-13(15)14(16)8-12(11)6-10(9)4-2;1-3(5)6-4(2)7-8-4;;/h9-16,29-30H,5-8H2,1-4H3;9-16H,5-8H2,1-4H3;5-8H,3-4,15-16H2,1-2H3;5-8,15-16H,3-4H2,1-2H3;1-2H3;;1H2. The van der Waals surface area contributed by atoms with Gasteiger partial charge >= 0.3 is 11.9 Å². The summed E-state index contributed by atoms with van der Waals surface area (Å²) in [6, 6.07) is 52.6. The van der Waals surface area contributed by atoms with Crippen molar-refractivity contribution in [1.82, 2.24) is 9.97 Å². The molecule has 0 aliphatic carbocycles. The predicted molar refractivity (Wildman–Crippen MR) is 425 cm³/mol. The summed E-state index contributed by atoms with van der Waals surface area (Å²) in [7, 11) is 0. The molecule has 535 valence electrons. The second-order valence-electron chi connectivity index (χ2n) is 26.4. The quantitative estimate of drug-likeness (QED) is 0.0121. The van der Waals surface area contributed by atoms with Gasteiger partial charge in [-0.15, -0.1) is 0 Å². The molecule has 0 amide bonds. The summed E-state index contributed by atoms with van der Waals surface area (Å²) in [6.07, 6.45) is 12.7. The van der Waals surface area contributed by atoms with Crippen LogP contribution >= 0.6 is 0 Å². The van der Waals surface area contributed by atoms with Gasteiger partial charge in [-0.1, -0.05) is 156 Å². The number of carbonyl (C=O) groups is 1. The Morgan fingerprint density at radius 2 is 0.520 bits per heavy atom. The van der Waals surface area contributed by atoms with Crippen molar-refractivity contribution < 1.29 is 52.1 Å². The molecule has 102 heavy (non-hydrogen) atoms. The van der Waals surface area contributed by atoms with Crippen LogP contribution in [0.5, 0.6) is 11.5 Å². The Hall–Kier alpha value is -9.53. The van der Waals surface area contributed by atoms with Crippen LogP contribution in [0.1, 0.15) is 164 Å². The number of nitrogens with one attached hydrogen (secondary N) is 2. The number of hydrogen-bond donors (Lipinski definition) is 6. The molecule has 0 unspecified atom stereocenters. The van der Waals surface area contributed by atoms with Crippen LogP contribution in [-0.4, -0.2) is 37.6 Å². The summed E-state index contributed by atoms with van der Waals surface area (Å²) < 4.78 is 4.47. The molecule has 0 bridgehead atoms. The van der Waals surface area contributed by atoms with E-state index in [1.807, 2.05) is 12.1 Å². The molecule has 13 nitrogen and oxygen atoms in total. The van der Waals surface area contributed by atoms with Crippen molar-refractivity contribution >= 4 is 127 Å². The van der Waals surface area contributed by atoms with E-state index in [0.717, 1.165) is 133 Å². The zero-order valence-corrected chi connectivity index (χ0v) is 62.7. The molecule has 2 aliphatic heterocycles. The largest absolute Gasteiger partial charge is 0.504 e. The monoisotopic (exact) mass is 1420 g/mol. The minimum Gasteiger partial charge on any atom is -0.504 e. The van der Waals surface area contributed by atoms with E-state index < -0.39 is 11.9 Å². The number of phenolic OH excluding ortho intramolecular Hbond substituents is 2. The molecule has 1 fully saturated rings. The minimum atomic E-state index is -1.08. The van der Waals surface area contributed by atoms with Crippen molar-refractivity contribution in [2.24, 2.45) is 0 Å². The Morgan fingerprint density at radius 1 is 0.343 bits per heavy atom. The second-order valence-corrected chi connectivity index (χ2v) is 26.4. The molecular weight excluding hydrogens is 1320 g/mol. The number of nitrogens with zero attached hydrogens (tertiary/aromatic N) is 2. The van der Waals surface area contributed by atoms with Gasteiger partial charge in [0, 0.05) is 30.9 Å². The van der Waals surface area contributed by atoms with Crippen LogP contribution in [0.2, 0.25) is 0 Å². The number of phenols is 2. The number of anilines is 6. The van der Waals surface area contributed by atoms with Crippen molar-refractivity contribution in [2.45, 2.75) is 180 Å². The normalized spacial score (nSPS) is 12.3. The molecule has 10 N–H and O–H groups in total. The molecule has 14 heteroatoms. The molecule has 0 atom stereocenters. The van der Waals surface area contributed by atoms with Crippen LogP contribution in [0.3, 0.4) is 0 Å². The maximum atomic E-state index is 10.1. The van der Waals surface area contributed by atoms with Crippen molar-refractivity contribution in [3.8, 4) is 11.5 Å². The fourth-order valence-corrected chi connectivity index (χ4v) is 14.3. The van der Waals surface area contributed by atoms with Gasteiger partial charge in [0.1, 0.15) is 0 Å². The molecule has 0 saturated carbocycles. The van der Waals surface area contributed by atoms with Gasteiger partial charge in [0.15, 0.2) is 11.5 Å². The van der Waals surface area contributed by atoms with Gasteiger partial charge in [-0.3, -0.25) is 4.79 Å². The molecule has 2 aliphatic rings. The Bertz CT molecular complexity index is 4670. The van der Waals surface area contributed by atoms with Gasteiger partial charge in [0.25, 0.3) is 0 Å². The SMILES string of the molecule is CC(=O)OC1(C)OO1.CCc1cc2cc(N)c(N)cc2cc1CC.CCc1cc2cc(O)c(O)cc2cc1CC.CCc1cc2cc3c(cc2cc1CC)Nc1cc2cc(CC)c(CC)cc2cc1N3.CCc1cc2cc3nc4cc5cc(CC)c(CC)cc5cc4nc3cc2cc1CC.O.[Cu]. The first kappa shape index (κ1) is 76.6. The number of nitrogen functional groups attached to an aromatic ring is 2. The number of rotatable bonds is 13. The number of aryl methyl sites for hydroxylation is 12. The molecule has 13 aromatic rings. The molecular formula is C88H100CuN6O7. The Labute approximate surface area is 611 Å². The molecule has 0 spiro atoms. The number of aromatic hydroxyl groups is 2. The maximum Gasteiger partial charge on any atom is 0.380 e. The number of benzene rings is 12. The first-order chi connectivity index (χ1) is 48.2. The van der Waals surface area contributed by atoms with Crippen LogP contribution < -0.4 is 22.1 Å². The average Bonchev–Trinajstić information content (AvgIpc) is 0.935. The fourth-order valence-electron chi connectivity index (χ4n) is 14.3. The molecule has 1 saturated heterocycles. The van der Waals surface area contributed by atoms with Gasteiger partial charge in [-0.05, 0) is 281 Å². The van der Waals surface area contributed by atoms with Crippen LogP contribution in [0.15, 0.2) is 146 Å². The maximum absolute atomic E-state index is 10.1. The second kappa shape index (κ2) is 33.1. The smallest absolute Gasteiger partial charge is 0.380 e. The summed E-state index contributed by atoms with van der Waals surface area (Å²) in [4.78, 5) is 28.7. The first-order valence-electron chi connectivity index (χ1n) is 36.2. The number of aromatic nitrogens is 2. The van der Waals surface area contributed by atoms with Crippen LogP contribution in [0.25, 0.3) is 86.7 Å². The zero-order chi connectivity index (χ0) is 71.3. The van der Waals surface area contributed by atoms with E-state index in [1.165, 1.54) is 134 Å².